The van der Waals surface area contributed by atoms with Gasteiger partial charge in [-0.15, -0.1) is 0 Å². The number of halogens is 1. The van der Waals surface area contributed by atoms with Crippen molar-refractivity contribution in [2.24, 2.45) is 0 Å². The summed E-state index contributed by atoms with van der Waals surface area (Å²) in [4.78, 5) is 12.5. The van der Waals surface area contributed by atoms with E-state index in [4.69, 9.17) is 11.6 Å². The normalized spacial score (nSPS) is 11.6. The van der Waals surface area contributed by atoms with E-state index in [2.05, 4.69) is 5.32 Å². The van der Waals surface area contributed by atoms with Gasteiger partial charge in [0.25, 0.3) is 5.91 Å². The van der Waals surface area contributed by atoms with E-state index in [0.29, 0.717) is 0 Å². The summed E-state index contributed by atoms with van der Waals surface area (Å²) in [6.45, 7) is 5.82. The summed E-state index contributed by atoms with van der Waals surface area (Å²) < 4.78 is 25.7. The number of aryl methyl sites for hydroxylation is 3. The van der Waals surface area contributed by atoms with Crippen molar-refractivity contribution in [1.29, 1.82) is 0 Å². The van der Waals surface area contributed by atoms with Gasteiger partial charge in [-0.3, -0.25) is 4.79 Å². The van der Waals surface area contributed by atoms with Crippen LogP contribution in [0.2, 0.25) is 5.02 Å². The molecule has 2 rings (SSSR count). The fourth-order valence-corrected chi connectivity index (χ4v) is 4.00. The molecule has 2 aromatic rings. The van der Waals surface area contributed by atoms with E-state index in [0.717, 1.165) is 26.7 Å². The van der Waals surface area contributed by atoms with Crippen LogP contribution in [-0.4, -0.2) is 32.7 Å². The Morgan fingerprint density at radius 1 is 1.04 bits per heavy atom. The zero-order chi connectivity index (χ0) is 18.9. The minimum absolute atomic E-state index is 0.0768. The first-order chi connectivity index (χ1) is 11.5. The van der Waals surface area contributed by atoms with Crippen molar-refractivity contribution in [1.82, 2.24) is 4.31 Å². The summed E-state index contributed by atoms with van der Waals surface area (Å²) in [5.41, 5.74) is 3.95. The molecule has 25 heavy (non-hydrogen) atoms. The number of carbonyl (C=O) groups is 1. The fourth-order valence-electron chi connectivity index (χ4n) is 2.60. The lowest BCUT2D eigenvalue weighted by atomic mass is 10.0. The maximum absolute atomic E-state index is 12.6. The Hall–Kier alpha value is -1.89. The monoisotopic (exact) mass is 380 g/mol. The quantitative estimate of drug-likeness (QED) is 0.877. The van der Waals surface area contributed by atoms with Crippen LogP contribution in [0.5, 0.6) is 0 Å². The third-order valence-electron chi connectivity index (χ3n) is 3.87. The zero-order valence-corrected chi connectivity index (χ0v) is 16.4. The number of nitrogens with zero attached hydrogens (tertiary/aromatic N) is 1. The lowest BCUT2D eigenvalue weighted by Crippen LogP contribution is -2.23. The standard InChI is InChI=1S/C18H21ClN2O3S/c1-11-8-12(2)17(13(3)9-11)20-18(22)14-6-7-15(19)16(10-14)25(23,24)21(4)5/h6-10H,1-5H3,(H,20,22). The highest BCUT2D eigenvalue weighted by molar-refractivity contribution is 7.89. The average Bonchev–Trinajstić information content (AvgIpc) is 2.50. The molecule has 0 aromatic heterocycles. The minimum Gasteiger partial charge on any atom is -0.322 e. The highest BCUT2D eigenvalue weighted by Gasteiger charge is 2.22. The highest BCUT2D eigenvalue weighted by Crippen LogP contribution is 2.26. The molecule has 0 aliphatic rings. The Labute approximate surface area is 153 Å². The SMILES string of the molecule is Cc1cc(C)c(NC(=O)c2ccc(Cl)c(S(=O)(=O)N(C)C)c2)c(C)c1. The number of carbonyl (C=O) groups excluding carboxylic acids is 1. The van der Waals surface area contributed by atoms with Gasteiger partial charge in [-0.05, 0) is 50.1 Å². The number of rotatable bonds is 4. The highest BCUT2D eigenvalue weighted by atomic mass is 35.5. The van der Waals surface area contributed by atoms with Crippen molar-refractivity contribution in [2.75, 3.05) is 19.4 Å². The molecule has 0 bridgehead atoms. The lowest BCUT2D eigenvalue weighted by Gasteiger charge is -2.15. The van der Waals surface area contributed by atoms with Crippen LogP contribution < -0.4 is 5.32 Å². The second-order valence-corrected chi connectivity index (χ2v) is 8.69. The first kappa shape index (κ1) is 19.4. The largest absolute Gasteiger partial charge is 0.322 e. The predicted molar refractivity (Wildman–Crippen MR) is 101 cm³/mol. The Bertz CT molecular complexity index is 914. The van der Waals surface area contributed by atoms with Crippen LogP contribution in [0.3, 0.4) is 0 Å². The molecule has 0 saturated carbocycles. The number of sulfonamides is 1. The van der Waals surface area contributed by atoms with E-state index in [9.17, 15) is 13.2 Å². The molecule has 1 amide bonds. The van der Waals surface area contributed by atoms with Crippen LogP contribution in [0.25, 0.3) is 0 Å². The van der Waals surface area contributed by atoms with Gasteiger partial charge in [-0.25, -0.2) is 12.7 Å². The van der Waals surface area contributed by atoms with Crippen molar-refractivity contribution in [2.45, 2.75) is 25.7 Å². The molecule has 2 aromatic carbocycles. The van der Waals surface area contributed by atoms with Gasteiger partial charge in [-0.2, -0.15) is 0 Å². The van der Waals surface area contributed by atoms with Gasteiger partial charge < -0.3 is 5.32 Å². The van der Waals surface area contributed by atoms with Gasteiger partial charge in [0, 0.05) is 25.3 Å². The van der Waals surface area contributed by atoms with E-state index >= 15 is 0 Å². The number of benzene rings is 2. The average molecular weight is 381 g/mol. The smallest absolute Gasteiger partial charge is 0.255 e. The van der Waals surface area contributed by atoms with Gasteiger partial charge in [0.05, 0.1) is 5.02 Å². The number of hydrogen-bond donors (Lipinski definition) is 1. The molecule has 7 heteroatoms. The van der Waals surface area contributed by atoms with E-state index < -0.39 is 10.0 Å². The van der Waals surface area contributed by atoms with Crippen molar-refractivity contribution in [3.05, 3.63) is 57.6 Å². The van der Waals surface area contributed by atoms with Crippen LogP contribution in [0.1, 0.15) is 27.0 Å². The second-order valence-electron chi connectivity index (χ2n) is 6.16. The topological polar surface area (TPSA) is 66.5 Å². The van der Waals surface area contributed by atoms with Crippen molar-refractivity contribution >= 4 is 33.2 Å². The molecule has 0 heterocycles. The zero-order valence-electron chi connectivity index (χ0n) is 14.8. The van der Waals surface area contributed by atoms with Crippen molar-refractivity contribution in [3.63, 3.8) is 0 Å². The molecule has 1 N–H and O–H groups in total. The minimum atomic E-state index is -3.74. The third kappa shape index (κ3) is 4.03. The van der Waals surface area contributed by atoms with Gasteiger partial charge in [-0.1, -0.05) is 29.3 Å². The Balaban J connectivity index is 2.42. The molecule has 0 aliphatic heterocycles. The second kappa shape index (κ2) is 7.15. The molecule has 134 valence electrons. The molecule has 0 fully saturated rings. The summed E-state index contributed by atoms with van der Waals surface area (Å²) in [5, 5.41) is 2.94. The van der Waals surface area contributed by atoms with E-state index in [-0.39, 0.29) is 21.4 Å². The van der Waals surface area contributed by atoms with Gasteiger partial charge in [0.2, 0.25) is 10.0 Å². The molecule has 0 spiro atoms. The molecule has 0 atom stereocenters. The van der Waals surface area contributed by atoms with Gasteiger partial charge in [0.15, 0.2) is 0 Å². The van der Waals surface area contributed by atoms with E-state index in [1.54, 1.807) is 0 Å². The number of anilines is 1. The predicted octanol–water partition coefficient (Wildman–Crippen LogP) is 3.77. The summed E-state index contributed by atoms with van der Waals surface area (Å²) in [5.74, 6) is -0.387. The van der Waals surface area contributed by atoms with Crippen molar-refractivity contribution in [3.8, 4) is 0 Å². The molecule has 0 unspecified atom stereocenters. The molecule has 0 aliphatic carbocycles. The first-order valence-electron chi connectivity index (χ1n) is 7.65. The number of nitrogens with one attached hydrogen (secondary N) is 1. The van der Waals surface area contributed by atoms with Crippen LogP contribution in [0.15, 0.2) is 35.2 Å². The van der Waals surface area contributed by atoms with E-state index in [1.807, 2.05) is 32.9 Å². The molecule has 5 nitrogen and oxygen atoms in total. The Kier molecular flexibility index (Phi) is 5.56. The van der Waals surface area contributed by atoms with Crippen molar-refractivity contribution < 1.29 is 13.2 Å². The molecule has 0 radical (unpaired) electrons. The summed E-state index contributed by atoms with van der Waals surface area (Å²) in [6, 6.07) is 8.18. The summed E-state index contributed by atoms with van der Waals surface area (Å²) in [6.07, 6.45) is 0. The van der Waals surface area contributed by atoms with Crippen LogP contribution in [-0.2, 0) is 10.0 Å². The molecular formula is C18H21ClN2O3S. The lowest BCUT2D eigenvalue weighted by molar-refractivity contribution is 0.102. The maximum Gasteiger partial charge on any atom is 0.255 e. The third-order valence-corrected chi connectivity index (χ3v) is 6.16. The molecule has 0 saturated heterocycles. The maximum atomic E-state index is 12.6. The van der Waals surface area contributed by atoms with Crippen LogP contribution in [0, 0.1) is 20.8 Å². The van der Waals surface area contributed by atoms with Gasteiger partial charge in [0.1, 0.15) is 4.90 Å². The number of amides is 1. The van der Waals surface area contributed by atoms with Crippen LogP contribution >= 0.6 is 11.6 Å². The number of hydrogen-bond acceptors (Lipinski definition) is 3. The van der Waals surface area contributed by atoms with Crippen LogP contribution in [0.4, 0.5) is 5.69 Å². The summed E-state index contributed by atoms with van der Waals surface area (Å²) in [7, 11) is -0.909. The first-order valence-corrected chi connectivity index (χ1v) is 9.47. The Morgan fingerprint density at radius 2 is 1.60 bits per heavy atom. The molecular weight excluding hydrogens is 360 g/mol. The summed E-state index contributed by atoms with van der Waals surface area (Å²) >= 11 is 6.02. The van der Waals surface area contributed by atoms with E-state index in [1.165, 1.54) is 32.3 Å². The Morgan fingerprint density at radius 3 is 2.12 bits per heavy atom. The van der Waals surface area contributed by atoms with Gasteiger partial charge >= 0.3 is 0 Å². The fraction of sp³-hybridized carbons (Fsp3) is 0.278.